The number of benzene rings is 1. The van der Waals surface area contributed by atoms with Gasteiger partial charge in [0.1, 0.15) is 5.82 Å². The van der Waals surface area contributed by atoms with E-state index in [2.05, 4.69) is 26.2 Å². The van der Waals surface area contributed by atoms with E-state index in [1.165, 1.54) is 0 Å². The molecule has 0 spiro atoms. The highest BCUT2D eigenvalue weighted by Gasteiger charge is 2.12. The number of hydrogen-bond acceptors (Lipinski definition) is 2. The third-order valence-electron chi connectivity index (χ3n) is 2.78. The number of rotatable bonds is 2. The second-order valence-corrected chi connectivity index (χ2v) is 5.35. The highest BCUT2D eigenvalue weighted by Crippen LogP contribution is 2.22. The molecule has 19 heavy (non-hydrogen) atoms. The summed E-state index contributed by atoms with van der Waals surface area (Å²) in [5, 5.41) is 2.83. The lowest BCUT2D eigenvalue weighted by Gasteiger charge is -2.09. The number of halogens is 1. The normalized spacial score (nSPS) is 10.3. The van der Waals surface area contributed by atoms with Gasteiger partial charge in [0.25, 0.3) is 5.91 Å². The summed E-state index contributed by atoms with van der Waals surface area (Å²) in [5.41, 5.74) is 3.60. The van der Waals surface area contributed by atoms with E-state index in [9.17, 15) is 4.79 Å². The second kappa shape index (κ2) is 5.53. The molecular formula is C15H15BrN2O. The second-order valence-electron chi connectivity index (χ2n) is 4.56. The van der Waals surface area contributed by atoms with Crippen LogP contribution < -0.4 is 5.32 Å². The minimum atomic E-state index is -0.159. The lowest BCUT2D eigenvalue weighted by atomic mass is 10.1. The average Bonchev–Trinajstić information content (AvgIpc) is 2.31. The zero-order chi connectivity index (χ0) is 14.0. The zero-order valence-corrected chi connectivity index (χ0v) is 12.7. The number of nitrogens with zero attached hydrogens (tertiary/aromatic N) is 1. The van der Waals surface area contributed by atoms with E-state index in [0.717, 1.165) is 21.3 Å². The molecule has 0 aliphatic rings. The summed E-state index contributed by atoms with van der Waals surface area (Å²) < 4.78 is 0.817. The van der Waals surface area contributed by atoms with Crippen molar-refractivity contribution in [2.75, 3.05) is 5.32 Å². The van der Waals surface area contributed by atoms with Gasteiger partial charge < -0.3 is 5.32 Å². The number of hydrogen-bond donors (Lipinski definition) is 1. The van der Waals surface area contributed by atoms with Gasteiger partial charge in [0.2, 0.25) is 0 Å². The Labute approximate surface area is 121 Å². The molecule has 1 N–H and O–H groups in total. The van der Waals surface area contributed by atoms with Gasteiger partial charge in [0.05, 0.1) is 5.56 Å². The van der Waals surface area contributed by atoms with Gasteiger partial charge in [-0.25, -0.2) is 4.98 Å². The van der Waals surface area contributed by atoms with Gasteiger partial charge in [0, 0.05) is 10.2 Å². The SMILES string of the molecule is Cc1cc(C)nc(NC(=O)c2cccc(C)c2Br)c1. The van der Waals surface area contributed by atoms with Gasteiger partial charge in [-0.1, -0.05) is 12.1 Å². The molecule has 2 aromatic rings. The molecule has 2 rings (SSSR count). The van der Waals surface area contributed by atoms with Crippen molar-refractivity contribution in [3.8, 4) is 0 Å². The molecule has 0 fully saturated rings. The Kier molecular flexibility index (Phi) is 4.00. The fourth-order valence-corrected chi connectivity index (χ4v) is 2.36. The topological polar surface area (TPSA) is 42.0 Å². The van der Waals surface area contributed by atoms with Gasteiger partial charge in [-0.3, -0.25) is 4.79 Å². The lowest BCUT2D eigenvalue weighted by Crippen LogP contribution is -2.14. The molecule has 4 heteroatoms. The first-order valence-corrected chi connectivity index (χ1v) is 6.78. The standard InChI is InChI=1S/C15H15BrN2O/c1-9-7-11(3)17-13(8-9)18-15(19)12-6-4-5-10(2)14(12)16/h4-8H,1-3H3,(H,17,18,19). The van der Waals surface area contributed by atoms with Crippen LogP contribution in [0.25, 0.3) is 0 Å². The van der Waals surface area contributed by atoms with E-state index in [4.69, 9.17) is 0 Å². The highest BCUT2D eigenvalue weighted by molar-refractivity contribution is 9.10. The fourth-order valence-electron chi connectivity index (χ4n) is 1.91. The summed E-state index contributed by atoms with van der Waals surface area (Å²) in [6.45, 7) is 5.84. The lowest BCUT2D eigenvalue weighted by molar-refractivity contribution is 0.102. The maximum absolute atomic E-state index is 12.2. The quantitative estimate of drug-likeness (QED) is 0.908. The van der Waals surface area contributed by atoms with E-state index < -0.39 is 0 Å². The first kappa shape index (κ1) is 13.7. The molecule has 0 unspecified atom stereocenters. The fraction of sp³-hybridized carbons (Fsp3) is 0.200. The van der Waals surface area contributed by atoms with Crippen LogP contribution in [-0.4, -0.2) is 10.9 Å². The molecular weight excluding hydrogens is 304 g/mol. The molecule has 3 nitrogen and oxygen atoms in total. The van der Waals surface area contributed by atoms with Crippen molar-refractivity contribution >= 4 is 27.7 Å². The van der Waals surface area contributed by atoms with Crippen LogP contribution in [0.2, 0.25) is 0 Å². The molecule has 1 aromatic heterocycles. The average molecular weight is 319 g/mol. The summed E-state index contributed by atoms with van der Waals surface area (Å²) in [6.07, 6.45) is 0. The molecule has 0 aliphatic heterocycles. The predicted molar refractivity (Wildman–Crippen MR) is 80.5 cm³/mol. The summed E-state index contributed by atoms with van der Waals surface area (Å²) >= 11 is 3.44. The molecule has 1 heterocycles. The van der Waals surface area contributed by atoms with Gasteiger partial charge in [-0.15, -0.1) is 0 Å². The van der Waals surface area contributed by atoms with Crippen LogP contribution in [0.1, 0.15) is 27.2 Å². The number of aromatic nitrogens is 1. The van der Waals surface area contributed by atoms with Crippen molar-refractivity contribution in [1.29, 1.82) is 0 Å². The number of nitrogens with one attached hydrogen (secondary N) is 1. The number of anilines is 1. The number of carbonyl (C=O) groups excluding carboxylic acids is 1. The van der Waals surface area contributed by atoms with Crippen LogP contribution in [0.4, 0.5) is 5.82 Å². The van der Waals surface area contributed by atoms with Crippen LogP contribution >= 0.6 is 15.9 Å². The molecule has 1 aromatic carbocycles. The molecule has 0 saturated carbocycles. The van der Waals surface area contributed by atoms with Crippen molar-refractivity contribution in [3.05, 3.63) is 57.2 Å². The van der Waals surface area contributed by atoms with E-state index in [0.29, 0.717) is 11.4 Å². The van der Waals surface area contributed by atoms with Crippen LogP contribution in [0.3, 0.4) is 0 Å². The number of aryl methyl sites for hydroxylation is 3. The predicted octanol–water partition coefficient (Wildman–Crippen LogP) is 4.02. The van der Waals surface area contributed by atoms with Gasteiger partial charge in [0.15, 0.2) is 0 Å². The third kappa shape index (κ3) is 3.20. The summed E-state index contributed by atoms with van der Waals surface area (Å²) in [5.74, 6) is 0.420. The Hall–Kier alpha value is -1.68. The Bertz CT molecular complexity index is 618. The first-order chi connectivity index (χ1) is 8.97. The van der Waals surface area contributed by atoms with Gasteiger partial charge >= 0.3 is 0 Å². The molecule has 0 bridgehead atoms. The molecule has 0 saturated heterocycles. The van der Waals surface area contributed by atoms with Crippen LogP contribution in [0.15, 0.2) is 34.8 Å². The minimum Gasteiger partial charge on any atom is -0.307 e. The Morgan fingerprint density at radius 3 is 2.63 bits per heavy atom. The summed E-state index contributed by atoms with van der Waals surface area (Å²) in [4.78, 5) is 16.5. The van der Waals surface area contributed by atoms with Crippen LogP contribution in [-0.2, 0) is 0 Å². The van der Waals surface area contributed by atoms with E-state index in [-0.39, 0.29) is 5.91 Å². The minimum absolute atomic E-state index is 0.159. The smallest absolute Gasteiger partial charge is 0.257 e. The number of carbonyl (C=O) groups is 1. The highest BCUT2D eigenvalue weighted by atomic mass is 79.9. The Morgan fingerprint density at radius 2 is 1.95 bits per heavy atom. The Morgan fingerprint density at radius 1 is 1.21 bits per heavy atom. The van der Waals surface area contributed by atoms with Crippen LogP contribution in [0.5, 0.6) is 0 Å². The number of amides is 1. The maximum Gasteiger partial charge on any atom is 0.257 e. The zero-order valence-electron chi connectivity index (χ0n) is 11.1. The molecule has 0 aliphatic carbocycles. The van der Waals surface area contributed by atoms with E-state index in [1.807, 2.05) is 45.0 Å². The maximum atomic E-state index is 12.2. The molecule has 0 atom stereocenters. The van der Waals surface area contributed by atoms with Crippen molar-refractivity contribution < 1.29 is 4.79 Å². The van der Waals surface area contributed by atoms with Crippen molar-refractivity contribution in [2.45, 2.75) is 20.8 Å². The molecule has 98 valence electrons. The van der Waals surface area contributed by atoms with Crippen molar-refractivity contribution in [3.63, 3.8) is 0 Å². The van der Waals surface area contributed by atoms with Gasteiger partial charge in [-0.2, -0.15) is 0 Å². The first-order valence-electron chi connectivity index (χ1n) is 5.99. The Balaban J connectivity index is 2.28. The van der Waals surface area contributed by atoms with Crippen molar-refractivity contribution in [1.82, 2.24) is 4.98 Å². The number of pyridine rings is 1. The van der Waals surface area contributed by atoms with Gasteiger partial charge in [-0.05, 0) is 66.0 Å². The molecule has 1 amide bonds. The largest absolute Gasteiger partial charge is 0.307 e. The monoisotopic (exact) mass is 318 g/mol. The third-order valence-corrected chi connectivity index (χ3v) is 3.83. The van der Waals surface area contributed by atoms with Crippen molar-refractivity contribution in [2.24, 2.45) is 0 Å². The summed E-state index contributed by atoms with van der Waals surface area (Å²) in [7, 11) is 0. The van der Waals surface area contributed by atoms with E-state index in [1.54, 1.807) is 6.07 Å². The summed E-state index contributed by atoms with van der Waals surface area (Å²) in [6, 6.07) is 9.43. The molecule has 0 radical (unpaired) electrons. The van der Waals surface area contributed by atoms with E-state index >= 15 is 0 Å². The van der Waals surface area contributed by atoms with Crippen LogP contribution in [0, 0.1) is 20.8 Å².